The van der Waals surface area contributed by atoms with Gasteiger partial charge in [0.2, 0.25) is 0 Å². The largest absolute Gasteiger partial charge is 1.00 e. The fraction of sp³-hybridized carbons (Fsp3) is 0. The van der Waals surface area contributed by atoms with E-state index in [-0.39, 0.29) is 55.9 Å². The van der Waals surface area contributed by atoms with Crippen LogP contribution in [-0.4, -0.2) is 38.9 Å². The normalized spacial score (nSPS) is 10.6. The molecule has 3 aromatic carbocycles. The van der Waals surface area contributed by atoms with Crippen LogP contribution < -0.4 is 0 Å². The summed E-state index contributed by atoms with van der Waals surface area (Å²) in [4.78, 5) is -0.556. The van der Waals surface area contributed by atoms with Crippen LogP contribution >= 0.6 is 0 Å². The molecule has 0 saturated carbocycles. The Kier molecular flexibility index (Phi) is 15.1. The van der Waals surface area contributed by atoms with Gasteiger partial charge in [-0.1, -0.05) is 54.6 Å². The van der Waals surface area contributed by atoms with Crippen LogP contribution in [0.4, 0.5) is 0 Å². The molecular formula is C18H19HgO9S4. The van der Waals surface area contributed by atoms with E-state index in [1.165, 1.54) is 72.8 Å². The van der Waals surface area contributed by atoms with Crippen LogP contribution in [0.25, 0.3) is 0 Å². The number of hydrogen-bond donors (Lipinski definition) is 0. The molecule has 14 heteroatoms. The van der Waals surface area contributed by atoms with Gasteiger partial charge in [-0.2, -0.15) is 0 Å². The Balaban J connectivity index is 0. The molecule has 171 valence electrons. The Labute approximate surface area is 214 Å². The van der Waals surface area contributed by atoms with Crippen molar-refractivity contribution in [3.63, 3.8) is 0 Å². The molecule has 0 fully saturated rings. The molecule has 0 spiro atoms. The van der Waals surface area contributed by atoms with E-state index < -0.39 is 30.4 Å². The van der Waals surface area contributed by atoms with Crippen LogP contribution in [0.3, 0.4) is 0 Å². The Morgan fingerprint density at radius 1 is 0.406 bits per heavy atom. The standard InChI is InChI=1S/3C6H6O3S.Hg.H4S/c3*7-10(8,9)6-4-2-1-3-5-6;;/h3*1-5H,(H,7,8,9);;1H4/q;;;+1;+2/p-3. The predicted molar refractivity (Wildman–Crippen MR) is 116 cm³/mol. The Morgan fingerprint density at radius 3 is 0.656 bits per heavy atom. The summed E-state index contributed by atoms with van der Waals surface area (Å²) in [7, 11) is -12.8. The summed E-state index contributed by atoms with van der Waals surface area (Å²) >= 11 is 0. The third-order valence-corrected chi connectivity index (χ3v) is 5.64. The minimum absolute atomic E-state index is 0. The molecule has 0 N–H and O–H groups in total. The molecule has 3 rings (SSSR count). The minimum atomic E-state index is -4.25. The number of hydrogen-bond acceptors (Lipinski definition) is 9. The second-order valence-electron chi connectivity index (χ2n) is 5.30. The summed E-state index contributed by atoms with van der Waals surface area (Å²) in [5.41, 5.74) is 0. The molecule has 0 atom stereocenters. The summed E-state index contributed by atoms with van der Waals surface area (Å²) in [6.07, 6.45) is 0. The molecule has 0 heterocycles. The molecule has 0 aliphatic heterocycles. The van der Waals surface area contributed by atoms with Crippen molar-refractivity contribution in [2.24, 2.45) is 0 Å². The number of benzene rings is 3. The van der Waals surface area contributed by atoms with Gasteiger partial charge < -0.3 is 13.7 Å². The minimum Gasteiger partial charge on any atom is -0.744 e. The van der Waals surface area contributed by atoms with Crippen molar-refractivity contribution in [3.8, 4) is 0 Å². The molecule has 0 unspecified atom stereocenters. The third kappa shape index (κ3) is 13.3. The first-order chi connectivity index (χ1) is 13.8. The smallest absolute Gasteiger partial charge is 0.744 e. The van der Waals surface area contributed by atoms with E-state index in [1.807, 2.05) is 0 Å². The molecule has 0 aliphatic carbocycles. The monoisotopic (exact) mass is 709 g/mol. The van der Waals surface area contributed by atoms with Crippen molar-refractivity contribution >= 4 is 43.9 Å². The molecule has 0 aliphatic rings. The first-order valence-corrected chi connectivity index (χ1v) is 12.1. The van der Waals surface area contributed by atoms with Crippen molar-refractivity contribution in [3.05, 3.63) is 91.0 Å². The van der Waals surface area contributed by atoms with Gasteiger partial charge >= 0.3 is 27.7 Å². The maximum Gasteiger partial charge on any atom is 1.00 e. The quantitative estimate of drug-likeness (QED) is 0.281. The molecule has 32 heavy (non-hydrogen) atoms. The van der Waals surface area contributed by atoms with Crippen LogP contribution in [0.1, 0.15) is 0 Å². The SMILES string of the molecule is O=S(=O)([O-])c1ccccc1.O=S(=O)([O-])c1ccccc1.O=S(=O)([O-])c1ccccc1.[Hg+].[SH4+2]. The van der Waals surface area contributed by atoms with Gasteiger partial charge in [-0.15, -0.1) is 0 Å². The van der Waals surface area contributed by atoms with Gasteiger partial charge in [-0.25, -0.2) is 38.7 Å². The zero-order valence-electron chi connectivity index (χ0n) is 16.5. The van der Waals surface area contributed by atoms with Crippen LogP contribution in [-0.2, 0) is 71.5 Å². The molecule has 3 aromatic rings. The Bertz CT molecular complexity index is 1070. The second kappa shape index (κ2) is 14.7. The fourth-order valence-corrected chi connectivity index (χ4v) is 3.23. The van der Waals surface area contributed by atoms with Gasteiger partial charge in [-0.05, 0) is 36.4 Å². The Morgan fingerprint density at radius 2 is 0.562 bits per heavy atom. The van der Waals surface area contributed by atoms with Crippen molar-refractivity contribution in [2.75, 3.05) is 0 Å². The molecule has 9 nitrogen and oxygen atoms in total. The molecule has 1 radical (unpaired) electrons. The van der Waals surface area contributed by atoms with E-state index in [4.69, 9.17) is 0 Å². The van der Waals surface area contributed by atoms with Crippen LogP contribution in [0.5, 0.6) is 0 Å². The van der Waals surface area contributed by atoms with Crippen molar-refractivity contribution in [1.82, 2.24) is 0 Å². The average Bonchev–Trinajstić information content (AvgIpc) is 2.69. The van der Waals surface area contributed by atoms with Gasteiger partial charge in [0.1, 0.15) is 30.4 Å². The topological polar surface area (TPSA) is 172 Å². The molecule has 0 aromatic heterocycles. The van der Waals surface area contributed by atoms with Crippen molar-refractivity contribution < 1.29 is 66.6 Å². The summed E-state index contributed by atoms with van der Waals surface area (Å²) in [6.45, 7) is 0. The average molecular weight is 708 g/mol. The van der Waals surface area contributed by atoms with E-state index in [1.54, 1.807) is 18.2 Å². The maximum absolute atomic E-state index is 10.3. The predicted octanol–water partition coefficient (Wildman–Crippen LogP) is 0.696. The third-order valence-electron chi connectivity index (χ3n) is 3.10. The van der Waals surface area contributed by atoms with E-state index in [0.717, 1.165) is 0 Å². The Hall–Kier alpha value is -1.32. The maximum atomic E-state index is 10.3. The van der Waals surface area contributed by atoms with E-state index in [0.29, 0.717) is 0 Å². The first kappa shape index (κ1) is 32.9. The molecule has 0 bridgehead atoms. The fourth-order valence-electron chi connectivity index (χ4n) is 1.76. The van der Waals surface area contributed by atoms with E-state index in [9.17, 15) is 38.9 Å². The van der Waals surface area contributed by atoms with Gasteiger partial charge in [0.25, 0.3) is 0 Å². The van der Waals surface area contributed by atoms with Gasteiger partial charge in [-0.3, -0.25) is 0 Å². The molecule has 0 saturated heterocycles. The zero-order valence-corrected chi connectivity index (χ0v) is 25.8. The van der Waals surface area contributed by atoms with Gasteiger partial charge in [0.05, 0.1) is 14.7 Å². The summed E-state index contributed by atoms with van der Waals surface area (Å²) in [5.74, 6) is 0. The van der Waals surface area contributed by atoms with E-state index >= 15 is 0 Å². The number of rotatable bonds is 3. The molecular weight excluding hydrogens is 689 g/mol. The van der Waals surface area contributed by atoms with Crippen LogP contribution in [0.2, 0.25) is 0 Å². The van der Waals surface area contributed by atoms with Crippen molar-refractivity contribution in [1.29, 1.82) is 0 Å². The summed E-state index contributed by atoms with van der Waals surface area (Å²) in [6, 6.07) is 21.6. The van der Waals surface area contributed by atoms with Crippen molar-refractivity contribution in [2.45, 2.75) is 14.7 Å². The van der Waals surface area contributed by atoms with Gasteiger partial charge in [0, 0.05) is 0 Å². The van der Waals surface area contributed by atoms with Crippen LogP contribution in [0.15, 0.2) is 106 Å². The van der Waals surface area contributed by atoms with Crippen LogP contribution in [0, 0.1) is 0 Å². The molecule has 0 amide bonds. The zero-order chi connectivity index (χ0) is 22.8. The first-order valence-electron chi connectivity index (χ1n) is 7.84. The van der Waals surface area contributed by atoms with Gasteiger partial charge in [0.15, 0.2) is 0 Å². The summed E-state index contributed by atoms with van der Waals surface area (Å²) in [5, 5.41) is 0. The second-order valence-corrected chi connectivity index (χ2v) is 9.44. The van der Waals surface area contributed by atoms with E-state index in [2.05, 4.69) is 0 Å². The summed E-state index contributed by atoms with van der Waals surface area (Å²) < 4.78 is 92.5.